The average molecular weight is 253 g/mol. The van der Waals surface area contributed by atoms with Crippen LogP contribution in [0.1, 0.15) is 64.7 Å². The van der Waals surface area contributed by atoms with Gasteiger partial charge in [0.15, 0.2) is 0 Å². The van der Waals surface area contributed by atoms with Gasteiger partial charge in [0.25, 0.3) is 0 Å². The Hall–Kier alpha value is -0.0800. The van der Waals surface area contributed by atoms with Gasteiger partial charge in [-0.25, -0.2) is 0 Å². The van der Waals surface area contributed by atoms with Crippen LogP contribution in [0.25, 0.3) is 0 Å². The van der Waals surface area contributed by atoms with Gasteiger partial charge in [-0.1, -0.05) is 32.6 Å². The van der Waals surface area contributed by atoms with E-state index in [1.54, 1.807) is 0 Å². The molecule has 0 aromatic heterocycles. The quantitative estimate of drug-likeness (QED) is 0.703. The molecule has 2 nitrogen and oxygen atoms in total. The van der Waals surface area contributed by atoms with Crippen molar-refractivity contribution in [1.82, 2.24) is 4.90 Å². The Kier molecular flexibility index (Phi) is 5.50. The molecule has 2 heteroatoms. The van der Waals surface area contributed by atoms with E-state index in [9.17, 15) is 5.11 Å². The van der Waals surface area contributed by atoms with Crippen LogP contribution in [-0.4, -0.2) is 36.2 Å². The van der Waals surface area contributed by atoms with Gasteiger partial charge < -0.3 is 10.0 Å². The van der Waals surface area contributed by atoms with Crippen molar-refractivity contribution < 1.29 is 5.11 Å². The van der Waals surface area contributed by atoms with E-state index in [0.29, 0.717) is 6.61 Å². The van der Waals surface area contributed by atoms with Crippen LogP contribution < -0.4 is 0 Å². The zero-order chi connectivity index (χ0) is 12.8. The molecular weight excluding hydrogens is 222 g/mol. The van der Waals surface area contributed by atoms with E-state index in [1.807, 2.05) is 0 Å². The average Bonchev–Trinajstić information content (AvgIpc) is 3.17. The van der Waals surface area contributed by atoms with Crippen LogP contribution in [0, 0.1) is 11.3 Å². The minimum absolute atomic E-state index is 0.223. The highest BCUT2D eigenvalue weighted by Crippen LogP contribution is 2.37. The first-order valence-electron chi connectivity index (χ1n) is 8.11. The molecule has 2 aliphatic carbocycles. The second-order valence-corrected chi connectivity index (χ2v) is 6.75. The van der Waals surface area contributed by atoms with Crippen LogP contribution in [0.4, 0.5) is 0 Å². The van der Waals surface area contributed by atoms with E-state index >= 15 is 0 Å². The summed E-state index contributed by atoms with van der Waals surface area (Å²) in [6.07, 6.45) is 12.0. The van der Waals surface area contributed by atoms with E-state index in [2.05, 4.69) is 11.8 Å². The van der Waals surface area contributed by atoms with Crippen molar-refractivity contribution in [3.8, 4) is 0 Å². The summed E-state index contributed by atoms with van der Waals surface area (Å²) in [7, 11) is 0. The minimum Gasteiger partial charge on any atom is -0.396 e. The first-order valence-corrected chi connectivity index (χ1v) is 8.11. The van der Waals surface area contributed by atoms with Crippen LogP contribution in [0.2, 0.25) is 0 Å². The highest BCUT2D eigenvalue weighted by Gasteiger charge is 2.34. The highest BCUT2D eigenvalue weighted by molar-refractivity contribution is 4.86. The summed E-state index contributed by atoms with van der Waals surface area (Å²) in [6, 6.07) is 0. The maximum Gasteiger partial charge on any atom is 0.0499 e. The molecular formula is C16H31NO. The molecule has 0 aromatic rings. The van der Waals surface area contributed by atoms with Crippen LogP contribution in [-0.2, 0) is 0 Å². The van der Waals surface area contributed by atoms with Gasteiger partial charge in [-0.3, -0.25) is 0 Å². The Morgan fingerprint density at radius 3 is 2.28 bits per heavy atom. The lowest BCUT2D eigenvalue weighted by Crippen LogP contribution is -2.41. The lowest BCUT2D eigenvalue weighted by Gasteiger charge is -2.36. The normalized spacial score (nSPS) is 24.2. The smallest absolute Gasteiger partial charge is 0.0499 e. The molecule has 0 unspecified atom stereocenters. The van der Waals surface area contributed by atoms with E-state index in [1.165, 1.54) is 70.9 Å². The predicted octanol–water partition coefficient (Wildman–Crippen LogP) is 3.44. The summed E-state index contributed by atoms with van der Waals surface area (Å²) in [6.45, 7) is 6.33. The largest absolute Gasteiger partial charge is 0.396 e. The Morgan fingerprint density at radius 2 is 1.78 bits per heavy atom. The Morgan fingerprint density at radius 1 is 1.11 bits per heavy atom. The van der Waals surface area contributed by atoms with E-state index < -0.39 is 0 Å². The standard InChI is InChI=1S/C16H31NO/c1-2-11-17(12-15-7-8-15)13-16(14-18)9-5-3-4-6-10-16/h15,18H,2-14H2,1H3. The molecule has 2 rings (SSSR count). The van der Waals surface area contributed by atoms with Gasteiger partial charge in [-0.2, -0.15) is 0 Å². The van der Waals surface area contributed by atoms with E-state index in [-0.39, 0.29) is 5.41 Å². The number of rotatable bonds is 7. The summed E-state index contributed by atoms with van der Waals surface area (Å²) in [5.74, 6) is 0.970. The van der Waals surface area contributed by atoms with Crippen molar-refractivity contribution >= 4 is 0 Å². The summed E-state index contributed by atoms with van der Waals surface area (Å²) in [5, 5.41) is 9.91. The molecule has 0 aromatic carbocycles. The van der Waals surface area contributed by atoms with Crippen molar-refractivity contribution in [2.75, 3.05) is 26.2 Å². The molecule has 2 saturated carbocycles. The van der Waals surface area contributed by atoms with Gasteiger partial charge in [-0.05, 0) is 44.6 Å². The Labute approximate surface area is 113 Å². The molecule has 2 fully saturated rings. The third kappa shape index (κ3) is 4.24. The van der Waals surface area contributed by atoms with Gasteiger partial charge in [0.05, 0.1) is 0 Å². The third-order valence-electron chi connectivity index (χ3n) is 4.81. The highest BCUT2D eigenvalue weighted by atomic mass is 16.3. The molecule has 0 atom stereocenters. The molecule has 0 amide bonds. The van der Waals surface area contributed by atoms with Crippen molar-refractivity contribution in [2.24, 2.45) is 11.3 Å². The minimum atomic E-state index is 0.223. The molecule has 0 radical (unpaired) electrons. The van der Waals surface area contributed by atoms with Crippen molar-refractivity contribution in [2.45, 2.75) is 64.7 Å². The Balaban J connectivity index is 1.91. The molecule has 106 valence electrons. The second-order valence-electron chi connectivity index (χ2n) is 6.75. The molecule has 2 aliphatic rings. The number of nitrogens with zero attached hydrogens (tertiary/aromatic N) is 1. The van der Waals surface area contributed by atoms with Gasteiger partial charge in [0.2, 0.25) is 0 Å². The maximum absolute atomic E-state index is 9.91. The van der Waals surface area contributed by atoms with Crippen molar-refractivity contribution in [3.63, 3.8) is 0 Å². The fraction of sp³-hybridized carbons (Fsp3) is 1.00. The number of hydrogen-bond donors (Lipinski definition) is 1. The molecule has 1 N–H and O–H groups in total. The predicted molar refractivity (Wildman–Crippen MR) is 76.7 cm³/mol. The molecule has 0 spiro atoms. The van der Waals surface area contributed by atoms with Crippen molar-refractivity contribution in [1.29, 1.82) is 0 Å². The topological polar surface area (TPSA) is 23.5 Å². The van der Waals surface area contributed by atoms with Gasteiger partial charge in [-0.15, -0.1) is 0 Å². The lowest BCUT2D eigenvalue weighted by atomic mass is 9.80. The van der Waals surface area contributed by atoms with Crippen LogP contribution in [0.15, 0.2) is 0 Å². The number of aliphatic hydroxyl groups excluding tert-OH is 1. The first-order chi connectivity index (χ1) is 8.78. The van der Waals surface area contributed by atoms with Crippen LogP contribution in [0.5, 0.6) is 0 Å². The molecule has 0 heterocycles. The van der Waals surface area contributed by atoms with Gasteiger partial charge in [0.1, 0.15) is 0 Å². The molecule has 0 saturated heterocycles. The SMILES string of the molecule is CCCN(CC1CC1)CC1(CO)CCCCCC1. The summed E-state index contributed by atoms with van der Waals surface area (Å²) < 4.78 is 0. The zero-order valence-electron chi connectivity index (χ0n) is 12.2. The molecule has 0 aliphatic heterocycles. The first kappa shape index (κ1) is 14.3. The monoisotopic (exact) mass is 253 g/mol. The van der Waals surface area contributed by atoms with E-state index in [0.717, 1.165) is 12.5 Å². The van der Waals surface area contributed by atoms with Crippen molar-refractivity contribution in [3.05, 3.63) is 0 Å². The Bertz CT molecular complexity index is 229. The van der Waals surface area contributed by atoms with E-state index in [4.69, 9.17) is 0 Å². The second kappa shape index (κ2) is 6.91. The zero-order valence-corrected chi connectivity index (χ0v) is 12.2. The fourth-order valence-electron chi connectivity index (χ4n) is 3.54. The number of hydrogen-bond acceptors (Lipinski definition) is 2. The van der Waals surface area contributed by atoms with Gasteiger partial charge in [0, 0.05) is 25.1 Å². The molecule has 0 bridgehead atoms. The van der Waals surface area contributed by atoms with Gasteiger partial charge >= 0.3 is 0 Å². The molecule has 18 heavy (non-hydrogen) atoms. The number of aliphatic hydroxyl groups is 1. The van der Waals surface area contributed by atoms with Crippen LogP contribution in [0.3, 0.4) is 0 Å². The maximum atomic E-state index is 9.91. The third-order valence-corrected chi connectivity index (χ3v) is 4.81. The summed E-state index contributed by atoms with van der Waals surface area (Å²) >= 11 is 0. The lowest BCUT2D eigenvalue weighted by molar-refractivity contribution is 0.0574. The summed E-state index contributed by atoms with van der Waals surface area (Å²) in [5.41, 5.74) is 0.223. The fourth-order valence-corrected chi connectivity index (χ4v) is 3.54. The van der Waals surface area contributed by atoms with Crippen LogP contribution >= 0.6 is 0 Å². The summed E-state index contributed by atoms with van der Waals surface area (Å²) in [4.78, 5) is 2.65.